The number of cyclic esters (lactones) is 2. The van der Waals surface area contributed by atoms with Crippen LogP contribution in [-0.4, -0.2) is 11.8 Å². The van der Waals surface area contributed by atoms with Gasteiger partial charge in [-0.3, -0.25) is 0 Å². The van der Waals surface area contributed by atoms with E-state index in [-0.39, 0.29) is 26.5 Å². The molecule has 0 atom stereocenters. The van der Waals surface area contributed by atoms with Crippen molar-refractivity contribution in [3.63, 3.8) is 0 Å². The first-order valence-corrected chi connectivity index (χ1v) is 9.64. The zero-order chi connectivity index (χ0) is 21.0. The fourth-order valence-electron chi connectivity index (χ4n) is 1.03. The van der Waals surface area contributed by atoms with Gasteiger partial charge < -0.3 is 16.4 Å². The number of hydrogen-bond donors (Lipinski definition) is 0. The molecule has 0 unspecified atom stereocenters. The van der Waals surface area contributed by atoms with Crippen molar-refractivity contribution in [2.75, 3.05) is 0 Å². The molecule has 4 heteroatoms. The minimum atomic E-state index is -0.600. The summed E-state index contributed by atoms with van der Waals surface area (Å²) < 4.78 is 9.97. The molecule has 0 bridgehead atoms. The van der Waals surface area contributed by atoms with Crippen molar-refractivity contribution in [2.45, 2.75) is 115 Å². The third-order valence-corrected chi connectivity index (χ3v) is 3.46. The Morgan fingerprint density at radius 3 is 1.36 bits per heavy atom. The quantitative estimate of drug-likeness (QED) is 0.252. The van der Waals surface area contributed by atoms with Gasteiger partial charge in [0.15, 0.2) is 0 Å². The van der Waals surface area contributed by atoms with Gasteiger partial charge in [-0.25, -0.2) is 4.79 Å². The molecule has 0 N–H and O–H groups in total. The number of carbonyl (C=O) groups is 1. The van der Waals surface area contributed by atoms with E-state index in [1.165, 1.54) is 12.8 Å². The van der Waals surface area contributed by atoms with Gasteiger partial charge in [0.2, 0.25) is 0 Å². The van der Waals surface area contributed by atoms with Gasteiger partial charge in [-0.2, -0.15) is 13.8 Å². The summed E-state index contributed by atoms with van der Waals surface area (Å²) in [7, 11) is 0. The molecular formula is C21H48O3W. The van der Waals surface area contributed by atoms with Crippen molar-refractivity contribution in [1.82, 2.24) is 0 Å². The van der Waals surface area contributed by atoms with Crippen LogP contribution < -0.4 is 0 Å². The summed E-state index contributed by atoms with van der Waals surface area (Å²) in [6.45, 7) is 30.9. The van der Waals surface area contributed by atoms with Crippen molar-refractivity contribution in [1.29, 1.82) is 0 Å². The Labute approximate surface area is 175 Å². The second kappa shape index (κ2) is 26.2. The molecule has 0 radical (unpaired) electrons. The first kappa shape index (κ1) is 39.9. The summed E-state index contributed by atoms with van der Waals surface area (Å²) in [6, 6.07) is 0. The van der Waals surface area contributed by atoms with E-state index in [0.29, 0.717) is 6.10 Å². The van der Waals surface area contributed by atoms with E-state index in [0.717, 1.165) is 0 Å². The fraction of sp³-hybridized carbons (Fsp3) is 0.857. The molecule has 156 valence electrons. The third-order valence-electron chi connectivity index (χ3n) is 3.46. The van der Waals surface area contributed by atoms with E-state index in [1.54, 1.807) is 6.92 Å². The maximum Gasteiger partial charge on any atom is 2.00 e. The molecule has 0 amide bonds. The van der Waals surface area contributed by atoms with Crippen LogP contribution in [0.5, 0.6) is 0 Å². The van der Waals surface area contributed by atoms with E-state index in [2.05, 4.69) is 20.8 Å². The predicted molar refractivity (Wildman–Crippen MR) is 110 cm³/mol. The van der Waals surface area contributed by atoms with Crippen LogP contribution in [0.2, 0.25) is 0 Å². The molecule has 0 aromatic carbocycles. The minimum Gasteiger partial charge on any atom is -0.602 e. The normalized spacial score (nSPS) is 15.4. The van der Waals surface area contributed by atoms with Gasteiger partial charge in [-0.1, -0.05) is 87.5 Å². The van der Waals surface area contributed by atoms with Crippen LogP contribution in [0, 0.1) is 18.4 Å². The molecule has 0 aromatic heterocycles. The average Bonchev–Trinajstić information content (AvgIpc) is 2.60. The summed E-state index contributed by atoms with van der Waals surface area (Å²) >= 11 is 0. The van der Waals surface area contributed by atoms with Crippen LogP contribution in [-0.2, 0) is 30.5 Å². The number of rotatable bonds is 1. The monoisotopic (exact) mass is 532 g/mol. The predicted octanol–water partition coefficient (Wildman–Crippen LogP) is 8.23. The molecule has 25 heavy (non-hydrogen) atoms. The van der Waals surface area contributed by atoms with E-state index in [4.69, 9.17) is 9.47 Å². The van der Waals surface area contributed by atoms with Crippen LogP contribution >= 0.6 is 0 Å². The van der Waals surface area contributed by atoms with Crippen LogP contribution in [0.15, 0.2) is 0 Å². The van der Waals surface area contributed by atoms with Gasteiger partial charge in [0.25, 0.3) is 0 Å². The number of hydrogen-bond acceptors (Lipinski definition) is 3. The largest absolute Gasteiger partial charge is 2.00 e. The van der Waals surface area contributed by atoms with Crippen molar-refractivity contribution in [2.24, 2.45) is 5.41 Å². The molecule has 1 rings (SSSR count). The van der Waals surface area contributed by atoms with E-state index < -0.39 is 11.8 Å². The van der Waals surface area contributed by atoms with Gasteiger partial charge in [0.05, 0.1) is 5.60 Å². The van der Waals surface area contributed by atoms with Crippen molar-refractivity contribution in [3.8, 4) is 0 Å². The molecule has 1 saturated heterocycles. The molecule has 1 aliphatic heterocycles. The van der Waals surface area contributed by atoms with Gasteiger partial charge in [-0.05, 0) is 13.8 Å². The number of unbranched alkanes of at least 4 members (excludes halogenated alkanes) is 1. The van der Waals surface area contributed by atoms with Crippen molar-refractivity contribution >= 4 is 6.16 Å². The zero-order valence-corrected chi connectivity index (χ0v) is 22.7. The van der Waals surface area contributed by atoms with Gasteiger partial charge >= 0.3 is 27.2 Å². The molecule has 1 aliphatic rings. The first-order chi connectivity index (χ1) is 11.2. The molecule has 0 spiro atoms. The second-order valence-electron chi connectivity index (χ2n) is 5.15. The SMILES string of the molecule is CC.CC.CC.CCCC.C[C-]1OC(=O)OC(C)(C)C1(C)C.[CH2-]C.[W+2]. The number of carbonyl (C=O) groups excluding carboxylic acids is 1. The van der Waals surface area contributed by atoms with E-state index in [1.807, 2.05) is 76.2 Å². The summed E-state index contributed by atoms with van der Waals surface area (Å²) in [5.41, 5.74) is -0.729. The smallest absolute Gasteiger partial charge is 0.602 e. The van der Waals surface area contributed by atoms with Crippen molar-refractivity contribution < 1.29 is 35.3 Å². The Hall–Kier alpha value is -0.0417. The summed E-state index contributed by atoms with van der Waals surface area (Å²) in [4.78, 5) is 10.9. The zero-order valence-electron chi connectivity index (χ0n) is 19.8. The molecule has 3 nitrogen and oxygen atoms in total. The van der Waals surface area contributed by atoms with Gasteiger partial charge in [-0.15, -0.1) is 6.10 Å². The minimum absolute atomic E-state index is 0. The van der Waals surface area contributed by atoms with Crippen LogP contribution in [0.4, 0.5) is 4.79 Å². The van der Waals surface area contributed by atoms with E-state index >= 15 is 0 Å². The molecule has 1 fully saturated rings. The molecular weight excluding hydrogens is 484 g/mol. The standard InChI is InChI=1S/C9H15O3.C4H10.3C2H6.C2H5.W/c1-6-8(2,3)9(4,5)12-7(10)11-6;1-3-4-2;4*1-2;/h1-5H3;3-4H2,1-2H3;3*1-2H3;1H2,2H3;/q-1;;;;;-1;+2. The Kier molecular flexibility index (Phi) is 41.8. The van der Waals surface area contributed by atoms with Crippen LogP contribution in [0.1, 0.15) is 110 Å². The Morgan fingerprint density at radius 1 is 0.880 bits per heavy atom. The topological polar surface area (TPSA) is 35.5 Å². The average molecular weight is 532 g/mol. The molecule has 0 saturated carbocycles. The van der Waals surface area contributed by atoms with E-state index in [9.17, 15) is 4.79 Å². The second-order valence-corrected chi connectivity index (χ2v) is 5.15. The van der Waals surface area contributed by atoms with Gasteiger partial charge in [0, 0.05) is 0 Å². The van der Waals surface area contributed by atoms with Crippen LogP contribution in [0.3, 0.4) is 0 Å². The molecule has 1 heterocycles. The number of ether oxygens (including phenoxy) is 2. The Balaban J connectivity index is -0.0000000589. The Bertz CT molecular complexity index is 237. The summed E-state index contributed by atoms with van der Waals surface area (Å²) in [5, 5.41) is 0. The maximum absolute atomic E-state index is 10.9. The third kappa shape index (κ3) is 18.5. The van der Waals surface area contributed by atoms with Crippen LogP contribution in [0.25, 0.3) is 0 Å². The molecule has 0 aromatic rings. The van der Waals surface area contributed by atoms with Gasteiger partial charge in [0.1, 0.15) is 0 Å². The fourth-order valence-corrected chi connectivity index (χ4v) is 1.03. The maximum atomic E-state index is 10.9. The summed E-state index contributed by atoms with van der Waals surface area (Å²) in [6.07, 6.45) is 2.75. The van der Waals surface area contributed by atoms with Crippen molar-refractivity contribution in [3.05, 3.63) is 13.0 Å². The molecule has 0 aliphatic carbocycles. The summed E-state index contributed by atoms with van der Waals surface area (Å²) in [5.74, 6) is 0. The Morgan fingerprint density at radius 2 is 1.16 bits per heavy atom. The first-order valence-electron chi connectivity index (χ1n) is 9.64.